The molecule has 1 unspecified atom stereocenters. The van der Waals surface area contributed by atoms with Crippen LogP contribution in [0.3, 0.4) is 0 Å². The van der Waals surface area contributed by atoms with E-state index in [0.717, 1.165) is 43.0 Å². The van der Waals surface area contributed by atoms with Gasteiger partial charge in [0.05, 0.1) is 17.9 Å². The van der Waals surface area contributed by atoms with Gasteiger partial charge in [0.15, 0.2) is 21.3 Å². The number of nitrogens with one attached hydrogen (secondary N) is 1. The van der Waals surface area contributed by atoms with Gasteiger partial charge in [0.25, 0.3) is 5.91 Å². The van der Waals surface area contributed by atoms with Gasteiger partial charge in [-0.15, -0.1) is 0 Å². The van der Waals surface area contributed by atoms with Crippen molar-refractivity contribution in [2.45, 2.75) is 38.3 Å². The number of carbonyl (C=O) groups is 1. The van der Waals surface area contributed by atoms with Crippen LogP contribution in [0.15, 0.2) is 48.0 Å². The van der Waals surface area contributed by atoms with Crippen molar-refractivity contribution in [1.29, 1.82) is 0 Å². The summed E-state index contributed by atoms with van der Waals surface area (Å²) in [5, 5.41) is 4.19. The van der Waals surface area contributed by atoms with Crippen LogP contribution >= 0.6 is 11.6 Å². The molecule has 0 spiro atoms. The minimum Gasteiger partial charge on any atom is -0.363 e. The number of sulfone groups is 1. The van der Waals surface area contributed by atoms with Gasteiger partial charge >= 0.3 is 0 Å². The number of rotatable bonds is 6. The predicted octanol–water partition coefficient (Wildman–Crippen LogP) is 4.28. The zero-order chi connectivity index (χ0) is 22.6. The minimum absolute atomic E-state index is 0.00415. The van der Waals surface area contributed by atoms with E-state index in [1.807, 2.05) is 24.3 Å². The molecule has 0 aliphatic carbocycles. The third kappa shape index (κ3) is 6.04. The molecular formula is C22H25ClFN3O3S. The summed E-state index contributed by atoms with van der Waals surface area (Å²) in [5.41, 5.74) is 1.23. The molecule has 1 saturated heterocycles. The van der Waals surface area contributed by atoms with Crippen LogP contribution in [0.5, 0.6) is 0 Å². The van der Waals surface area contributed by atoms with Gasteiger partial charge in [-0.2, -0.15) is 0 Å². The van der Waals surface area contributed by atoms with Crippen LogP contribution in [-0.4, -0.2) is 38.2 Å². The molecule has 1 aromatic heterocycles. The average Bonchev–Trinajstić information content (AvgIpc) is 2.72. The molecule has 0 bridgehead atoms. The lowest BCUT2D eigenvalue weighted by Gasteiger charge is -2.38. The first kappa shape index (κ1) is 23.2. The Bertz CT molecular complexity index is 1090. The molecule has 2 heterocycles. The highest BCUT2D eigenvalue weighted by molar-refractivity contribution is 7.93. The molecule has 1 amide bonds. The first-order valence-corrected chi connectivity index (χ1v) is 12.3. The summed E-state index contributed by atoms with van der Waals surface area (Å²) < 4.78 is 37.2. The summed E-state index contributed by atoms with van der Waals surface area (Å²) in [7, 11) is -3.31. The van der Waals surface area contributed by atoms with Crippen LogP contribution in [0, 0.1) is 5.82 Å². The highest BCUT2D eigenvalue weighted by Gasteiger charge is 2.27. The van der Waals surface area contributed by atoms with E-state index in [1.54, 1.807) is 6.92 Å². The van der Waals surface area contributed by atoms with Gasteiger partial charge in [0.2, 0.25) is 0 Å². The second-order valence-electron chi connectivity index (χ2n) is 7.67. The Morgan fingerprint density at radius 3 is 2.77 bits per heavy atom. The van der Waals surface area contributed by atoms with Crippen LogP contribution in [0.25, 0.3) is 0 Å². The van der Waals surface area contributed by atoms with Crippen molar-refractivity contribution in [2.75, 3.05) is 17.7 Å². The number of pyridine rings is 1. The predicted molar refractivity (Wildman–Crippen MR) is 120 cm³/mol. The standard InChI is InChI=1S/C22H25ClFN3O3S/c1-15(10-12-31(2,29)30)26-22(28)21-19(24)13-16(14-25-21)27-11-6-5-9-20(27)17-7-3-4-8-18(17)23/h3-4,7-8,10,12-15,20H,5-6,9,11H2,1-2H3,(H,26,28)/b12-10+/t15-,20?/m1/s1. The van der Waals surface area contributed by atoms with E-state index in [2.05, 4.69) is 15.2 Å². The van der Waals surface area contributed by atoms with Crippen molar-refractivity contribution in [2.24, 2.45) is 0 Å². The monoisotopic (exact) mass is 465 g/mol. The molecule has 6 nitrogen and oxygen atoms in total. The van der Waals surface area contributed by atoms with E-state index in [1.165, 1.54) is 18.3 Å². The summed E-state index contributed by atoms with van der Waals surface area (Å²) in [6.07, 6.45) is 6.76. The molecule has 1 aliphatic heterocycles. The second-order valence-corrected chi connectivity index (χ2v) is 10.0. The van der Waals surface area contributed by atoms with Crippen LogP contribution < -0.4 is 10.2 Å². The third-order valence-corrected chi connectivity index (χ3v) is 6.11. The van der Waals surface area contributed by atoms with Crippen LogP contribution in [0.1, 0.15) is 48.3 Å². The van der Waals surface area contributed by atoms with Gasteiger partial charge in [-0.1, -0.05) is 35.9 Å². The molecule has 1 N–H and O–H groups in total. The van der Waals surface area contributed by atoms with Crippen molar-refractivity contribution in [3.63, 3.8) is 0 Å². The van der Waals surface area contributed by atoms with E-state index < -0.39 is 27.6 Å². The van der Waals surface area contributed by atoms with Gasteiger partial charge in [-0.25, -0.2) is 17.8 Å². The van der Waals surface area contributed by atoms with Gasteiger partial charge < -0.3 is 10.2 Å². The molecule has 2 atom stereocenters. The maximum atomic E-state index is 14.8. The number of carbonyl (C=O) groups excluding carboxylic acids is 1. The van der Waals surface area contributed by atoms with Crippen molar-refractivity contribution >= 4 is 33.0 Å². The molecule has 166 valence electrons. The molecule has 31 heavy (non-hydrogen) atoms. The fourth-order valence-electron chi connectivity index (χ4n) is 3.65. The van der Waals surface area contributed by atoms with E-state index >= 15 is 0 Å². The minimum atomic E-state index is -3.31. The molecule has 2 aromatic rings. The fraction of sp³-hybridized carbons (Fsp3) is 0.364. The number of anilines is 1. The number of piperidine rings is 1. The van der Waals surface area contributed by atoms with Crippen LogP contribution in [-0.2, 0) is 9.84 Å². The maximum Gasteiger partial charge on any atom is 0.273 e. The molecule has 0 saturated carbocycles. The number of halogens is 2. The Hall–Kier alpha value is -2.45. The topological polar surface area (TPSA) is 79.4 Å². The summed E-state index contributed by atoms with van der Waals surface area (Å²) >= 11 is 6.40. The Morgan fingerprint density at radius 2 is 2.10 bits per heavy atom. The zero-order valence-electron chi connectivity index (χ0n) is 17.4. The number of benzene rings is 1. The van der Waals surface area contributed by atoms with Gasteiger partial charge in [0, 0.05) is 35.3 Å². The molecule has 1 aliphatic rings. The lowest BCUT2D eigenvalue weighted by atomic mass is 9.94. The Labute approximate surface area is 187 Å². The van der Waals surface area contributed by atoms with E-state index in [9.17, 15) is 17.6 Å². The Kier molecular flexibility index (Phi) is 7.33. The van der Waals surface area contributed by atoms with Crippen molar-refractivity contribution in [3.8, 4) is 0 Å². The Morgan fingerprint density at radius 1 is 1.35 bits per heavy atom. The highest BCUT2D eigenvalue weighted by Crippen LogP contribution is 2.37. The van der Waals surface area contributed by atoms with Gasteiger partial charge in [-0.05, 0) is 37.8 Å². The van der Waals surface area contributed by atoms with E-state index in [-0.39, 0.29) is 11.7 Å². The fourth-order valence-corrected chi connectivity index (χ4v) is 4.43. The molecular weight excluding hydrogens is 441 g/mol. The second kappa shape index (κ2) is 9.78. The lowest BCUT2D eigenvalue weighted by Crippen LogP contribution is -2.35. The lowest BCUT2D eigenvalue weighted by molar-refractivity contribution is 0.0937. The number of hydrogen-bond donors (Lipinski definition) is 1. The summed E-state index contributed by atoms with van der Waals surface area (Å²) in [6.45, 7) is 2.32. The van der Waals surface area contributed by atoms with Crippen molar-refractivity contribution in [3.05, 3.63) is 70.1 Å². The SMILES string of the molecule is C[C@H](/C=C/S(C)(=O)=O)NC(=O)c1ncc(N2CCCCC2c2ccccc2Cl)cc1F. The molecule has 3 rings (SSSR count). The smallest absolute Gasteiger partial charge is 0.273 e. The van der Waals surface area contributed by atoms with E-state index in [0.29, 0.717) is 10.7 Å². The molecule has 9 heteroatoms. The normalized spacial score (nSPS) is 18.2. The van der Waals surface area contributed by atoms with Crippen LogP contribution in [0.2, 0.25) is 5.02 Å². The first-order valence-electron chi connectivity index (χ1n) is 10.0. The molecule has 1 aromatic carbocycles. The average molecular weight is 466 g/mol. The van der Waals surface area contributed by atoms with Crippen LogP contribution in [0.4, 0.5) is 10.1 Å². The molecule has 0 radical (unpaired) electrons. The largest absolute Gasteiger partial charge is 0.363 e. The van der Waals surface area contributed by atoms with Crippen molar-refractivity contribution in [1.82, 2.24) is 10.3 Å². The first-order chi connectivity index (χ1) is 14.7. The van der Waals surface area contributed by atoms with E-state index in [4.69, 9.17) is 11.6 Å². The van der Waals surface area contributed by atoms with Gasteiger partial charge in [-0.3, -0.25) is 4.79 Å². The summed E-state index contributed by atoms with van der Waals surface area (Å²) in [5.74, 6) is -1.45. The van der Waals surface area contributed by atoms with Gasteiger partial charge in [0.1, 0.15) is 0 Å². The quantitative estimate of drug-likeness (QED) is 0.688. The third-order valence-electron chi connectivity index (χ3n) is 5.11. The highest BCUT2D eigenvalue weighted by atomic mass is 35.5. The number of nitrogens with zero attached hydrogens (tertiary/aromatic N) is 2. The number of aromatic nitrogens is 1. The number of amides is 1. The maximum absolute atomic E-state index is 14.8. The summed E-state index contributed by atoms with van der Waals surface area (Å²) in [6, 6.07) is 8.34. The zero-order valence-corrected chi connectivity index (χ0v) is 19.0. The number of hydrogen-bond acceptors (Lipinski definition) is 5. The van der Waals surface area contributed by atoms with Crippen molar-refractivity contribution < 1.29 is 17.6 Å². The summed E-state index contributed by atoms with van der Waals surface area (Å²) in [4.78, 5) is 18.5. The Balaban J connectivity index is 1.80. The molecule has 1 fully saturated rings.